The number of anilines is 2. The van der Waals surface area contributed by atoms with E-state index in [1.807, 2.05) is 0 Å². The number of hydrazine groups is 1. The summed E-state index contributed by atoms with van der Waals surface area (Å²) in [5.41, 5.74) is 3.27. The summed E-state index contributed by atoms with van der Waals surface area (Å²) in [4.78, 5) is 17.5. The molecule has 0 unspecified atom stereocenters. The van der Waals surface area contributed by atoms with Crippen LogP contribution in [0.25, 0.3) is 0 Å². The highest BCUT2D eigenvalue weighted by atomic mass is 16.2. The predicted molar refractivity (Wildman–Crippen MR) is 66.8 cm³/mol. The van der Waals surface area contributed by atoms with Crippen molar-refractivity contribution in [3.05, 3.63) is 42.4 Å². The van der Waals surface area contributed by atoms with Gasteiger partial charge in [0.25, 0.3) is 5.91 Å². The van der Waals surface area contributed by atoms with Gasteiger partial charge in [-0.05, 0) is 24.3 Å². The van der Waals surface area contributed by atoms with E-state index in [2.05, 4.69) is 20.6 Å². The molecule has 7 nitrogen and oxygen atoms in total. The Morgan fingerprint density at radius 2 is 2.17 bits per heavy atom. The normalized spacial score (nSPS) is 9.89. The minimum atomic E-state index is -0.265. The van der Waals surface area contributed by atoms with Crippen molar-refractivity contribution in [2.24, 2.45) is 5.84 Å². The first kappa shape index (κ1) is 11.9. The van der Waals surface area contributed by atoms with Crippen molar-refractivity contribution in [1.82, 2.24) is 15.2 Å². The van der Waals surface area contributed by atoms with Crippen LogP contribution in [0.15, 0.2) is 36.7 Å². The van der Waals surface area contributed by atoms with E-state index in [9.17, 15) is 4.79 Å². The molecule has 18 heavy (non-hydrogen) atoms. The zero-order valence-corrected chi connectivity index (χ0v) is 9.74. The van der Waals surface area contributed by atoms with E-state index in [1.165, 1.54) is 4.90 Å². The van der Waals surface area contributed by atoms with Crippen LogP contribution in [0, 0.1) is 0 Å². The van der Waals surface area contributed by atoms with Crippen LogP contribution in [0.3, 0.4) is 0 Å². The topological polar surface area (TPSA) is 97.0 Å². The SMILES string of the molecule is CN(C(=O)c1ccc(NN)nn1)c1cccnc1. The number of pyridine rings is 1. The number of nitrogen functional groups attached to an aromatic ring is 1. The molecule has 1 amide bonds. The minimum absolute atomic E-state index is 0.236. The molecule has 0 saturated carbocycles. The molecule has 0 aliphatic heterocycles. The molecule has 92 valence electrons. The summed E-state index contributed by atoms with van der Waals surface area (Å²) in [7, 11) is 1.65. The number of carbonyl (C=O) groups is 1. The Morgan fingerprint density at radius 3 is 2.72 bits per heavy atom. The molecule has 0 aliphatic carbocycles. The van der Waals surface area contributed by atoms with E-state index in [0.29, 0.717) is 11.5 Å². The number of nitrogens with one attached hydrogen (secondary N) is 1. The Labute approximate surface area is 104 Å². The molecule has 2 heterocycles. The zero-order chi connectivity index (χ0) is 13.0. The maximum absolute atomic E-state index is 12.1. The molecule has 0 spiro atoms. The van der Waals surface area contributed by atoms with Gasteiger partial charge in [-0.15, -0.1) is 10.2 Å². The average molecular weight is 244 g/mol. The van der Waals surface area contributed by atoms with Crippen molar-refractivity contribution in [3.63, 3.8) is 0 Å². The Balaban J connectivity index is 2.20. The second-order valence-electron chi connectivity index (χ2n) is 3.52. The molecule has 2 aromatic rings. The standard InChI is InChI=1S/C11H12N6O/c1-17(8-3-2-6-13-7-8)11(18)9-4-5-10(14-12)16-15-9/h2-7H,12H2,1H3,(H,14,16). The first-order valence-corrected chi connectivity index (χ1v) is 5.21. The van der Waals surface area contributed by atoms with Gasteiger partial charge in [-0.3, -0.25) is 9.78 Å². The highest BCUT2D eigenvalue weighted by Crippen LogP contribution is 2.12. The van der Waals surface area contributed by atoms with Crippen molar-refractivity contribution in [2.45, 2.75) is 0 Å². The van der Waals surface area contributed by atoms with Crippen molar-refractivity contribution in [1.29, 1.82) is 0 Å². The van der Waals surface area contributed by atoms with Crippen LogP contribution in [0.1, 0.15) is 10.5 Å². The Kier molecular flexibility index (Phi) is 3.44. The molecule has 0 radical (unpaired) electrons. The van der Waals surface area contributed by atoms with E-state index in [4.69, 9.17) is 5.84 Å². The van der Waals surface area contributed by atoms with Crippen molar-refractivity contribution >= 4 is 17.4 Å². The van der Waals surface area contributed by atoms with Gasteiger partial charge >= 0.3 is 0 Å². The highest BCUT2D eigenvalue weighted by Gasteiger charge is 2.15. The van der Waals surface area contributed by atoms with Gasteiger partial charge in [0, 0.05) is 13.2 Å². The van der Waals surface area contributed by atoms with E-state index in [0.717, 1.165) is 0 Å². The van der Waals surface area contributed by atoms with Crippen LogP contribution >= 0.6 is 0 Å². The molecule has 2 aromatic heterocycles. The number of hydrogen-bond acceptors (Lipinski definition) is 6. The van der Waals surface area contributed by atoms with Crippen LogP contribution in [0.5, 0.6) is 0 Å². The molecule has 2 rings (SSSR count). The summed E-state index contributed by atoms with van der Waals surface area (Å²) < 4.78 is 0. The number of carbonyl (C=O) groups excluding carboxylic acids is 1. The van der Waals surface area contributed by atoms with E-state index in [1.54, 1.807) is 43.7 Å². The lowest BCUT2D eigenvalue weighted by atomic mass is 10.3. The van der Waals surface area contributed by atoms with Crippen molar-refractivity contribution in [3.8, 4) is 0 Å². The predicted octanol–water partition coefficient (Wildman–Crippen LogP) is 0.434. The third kappa shape index (κ3) is 2.41. The molecule has 0 bridgehead atoms. The molecular weight excluding hydrogens is 232 g/mol. The Morgan fingerprint density at radius 1 is 1.33 bits per heavy atom. The lowest BCUT2D eigenvalue weighted by molar-refractivity contribution is 0.0987. The first-order chi connectivity index (χ1) is 8.72. The maximum Gasteiger partial charge on any atom is 0.278 e. The van der Waals surface area contributed by atoms with E-state index < -0.39 is 0 Å². The van der Waals surface area contributed by atoms with Gasteiger partial charge in [-0.25, -0.2) is 5.84 Å². The van der Waals surface area contributed by atoms with Crippen LogP contribution in [-0.2, 0) is 0 Å². The van der Waals surface area contributed by atoms with Crippen LogP contribution in [0.4, 0.5) is 11.5 Å². The summed E-state index contributed by atoms with van der Waals surface area (Å²) in [5.74, 6) is 5.30. The monoisotopic (exact) mass is 244 g/mol. The summed E-state index contributed by atoms with van der Waals surface area (Å²) in [6.45, 7) is 0. The van der Waals surface area contributed by atoms with Gasteiger partial charge in [0.15, 0.2) is 11.5 Å². The van der Waals surface area contributed by atoms with Crippen LogP contribution in [0.2, 0.25) is 0 Å². The van der Waals surface area contributed by atoms with Gasteiger partial charge in [0.2, 0.25) is 0 Å². The fourth-order valence-electron chi connectivity index (χ4n) is 1.36. The smallest absolute Gasteiger partial charge is 0.278 e. The molecule has 0 atom stereocenters. The van der Waals surface area contributed by atoms with E-state index >= 15 is 0 Å². The number of hydrogen-bond donors (Lipinski definition) is 2. The van der Waals surface area contributed by atoms with Gasteiger partial charge in [0.05, 0.1) is 11.9 Å². The summed E-state index contributed by atoms with van der Waals surface area (Å²) in [6, 6.07) is 6.68. The summed E-state index contributed by atoms with van der Waals surface area (Å²) in [5, 5.41) is 7.54. The number of rotatable bonds is 3. The molecule has 7 heteroatoms. The molecule has 3 N–H and O–H groups in total. The lowest BCUT2D eigenvalue weighted by Gasteiger charge is -2.15. The summed E-state index contributed by atoms with van der Waals surface area (Å²) in [6.07, 6.45) is 3.24. The quantitative estimate of drug-likeness (QED) is 0.600. The molecular formula is C11H12N6O. The summed E-state index contributed by atoms with van der Waals surface area (Å²) >= 11 is 0. The first-order valence-electron chi connectivity index (χ1n) is 5.21. The van der Waals surface area contributed by atoms with Gasteiger partial charge in [0.1, 0.15) is 0 Å². The zero-order valence-electron chi connectivity index (χ0n) is 9.74. The van der Waals surface area contributed by atoms with Gasteiger partial charge in [-0.2, -0.15) is 0 Å². The number of nitrogens with zero attached hydrogens (tertiary/aromatic N) is 4. The van der Waals surface area contributed by atoms with Crippen LogP contribution in [-0.4, -0.2) is 28.1 Å². The molecule has 0 aliphatic rings. The highest BCUT2D eigenvalue weighted by molar-refractivity contribution is 6.04. The maximum atomic E-state index is 12.1. The largest absolute Gasteiger partial charge is 0.309 e. The third-order valence-corrected chi connectivity index (χ3v) is 2.37. The molecule has 0 aromatic carbocycles. The number of amides is 1. The van der Waals surface area contributed by atoms with E-state index in [-0.39, 0.29) is 11.6 Å². The number of aromatic nitrogens is 3. The molecule has 0 saturated heterocycles. The van der Waals surface area contributed by atoms with Gasteiger partial charge < -0.3 is 10.3 Å². The average Bonchev–Trinajstić information content (AvgIpc) is 2.47. The second-order valence-corrected chi connectivity index (χ2v) is 3.52. The fraction of sp³-hybridized carbons (Fsp3) is 0.0909. The van der Waals surface area contributed by atoms with Crippen molar-refractivity contribution in [2.75, 3.05) is 17.4 Å². The van der Waals surface area contributed by atoms with Gasteiger partial charge in [-0.1, -0.05) is 0 Å². The Bertz CT molecular complexity index is 527. The number of nitrogens with two attached hydrogens (primary N) is 1. The third-order valence-electron chi connectivity index (χ3n) is 2.37. The Hall–Kier alpha value is -2.54. The minimum Gasteiger partial charge on any atom is -0.309 e. The lowest BCUT2D eigenvalue weighted by Crippen LogP contribution is -2.27. The fourth-order valence-corrected chi connectivity index (χ4v) is 1.36. The van der Waals surface area contributed by atoms with Crippen LogP contribution < -0.4 is 16.2 Å². The van der Waals surface area contributed by atoms with Crippen molar-refractivity contribution < 1.29 is 4.79 Å². The second kappa shape index (κ2) is 5.19. The molecule has 0 fully saturated rings.